The minimum atomic E-state index is -0.565. The van der Waals surface area contributed by atoms with Crippen molar-refractivity contribution in [1.29, 1.82) is 0 Å². The van der Waals surface area contributed by atoms with Gasteiger partial charge < -0.3 is 21.1 Å². The average molecular weight is 353 g/mol. The normalized spacial score (nSPS) is 16.2. The number of carbonyl (C=O) groups is 2. The lowest BCUT2D eigenvalue weighted by atomic mass is 9.93. The van der Waals surface area contributed by atoms with Crippen molar-refractivity contribution in [2.24, 2.45) is 5.73 Å². The van der Waals surface area contributed by atoms with E-state index in [1.165, 1.54) is 6.20 Å². The third kappa shape index (κ3) is 3.30. The number of nitrogens with zero attached hydrogens (tertiary/aromatic N) is 2. The Kier molecular flexibility index (Phi) is 4.16. The number of fused-ring (bicyclic) bond motifs is 1. The molecule has 1 amide bonds. The Morgan fingerprint density at radius 2 is 2.15 bits per heavy atom. The number of amides is 1. The first-order valence-corrected chi connectivity index (χ1v) is 8.56. The number of hydrogen-bond acceptors (Lipinski definition) is 7. The molecule has 0 bridgehead atoms. The van der Waals surface area contributed by atoms with Crippen LogP contribution in [-0.4, -0.2) is 34.3 Å². The van der Waals surface area contributed by atoms with Gasteiger partial charge in [-0.2, -0.15) is 4.98 Å². The minimum absolute atomic E-state index is 0.0651. The summed E-state index contributed by atoms with van der Waals surface area (Å²) in [6.45, 7) is 0.0930. The smallest absolute Gasteiger partial charge is 0.254 e. The van der Waals surface area contributed by atoms with Crippen LogP contribution in [0.25, 0.3) is 0 Å². The fourth-order valence-corrected chi connectivity index (χ4v) is 2.94. The molecule has 2 aromatic rings. The highest BCUT2D eigenvalue weighted by Gasteiger charge is 2.21. The Hall–Kier alpha value is -3.16. The Labute approximate surface area is 150 Å². The maximum Gasteiger partial charge on any atom is 0.254 e. The molecule has 0 unspecified atom stereocenters. The number of ether oxygens (including phenoxy) is 1. The van der Waals surface area contributed by atoms with Crippen LogP contribution in [0.15, 0.2) is 24.4 Å². The summed E-state index contributed by atoms with van der Waals surface area (Å²) in [5.41, 5.74) is 7.29. The van der Waals surface area contributed by atoms with E-state index in [4.69, 9.17) is 10.5 Å². The van der Waals surface area contributed by atoms with Gasteiger partial charge in [-0.15, -0.1) is 0 Å². The third-order valence-corrected chi connectivity index (χ3v) is 4.60. The predicted octanol–water partition coefficient (Wildman–Crippen LogP) is 1.79. The lowest BCUT2D eigenvalue weighted by Crippen LogP contribution is -2.29. The molecule has 1 aliphatic heterocycles. The molecule has 1 aliphatic carbocycles. The monoisotopic (exact) mass is 353 g/mol. The first-order valence-electron chi connectivity index (χ1n) is 8.56. The highest BCUT2D eigenvalue weighted by atomic mass is 16.5. The van der Waals surface area contributed by atoms with Crippen LogP contribution in [0.5, 0.6) is 5.75 Å². The zero-order valence-corrected chi connectivity index (χ0v) is 14.1. The molecule has 0 spiro atoms. The van der Waals surface area contributed by atoms with Gasteiger partial charge in [-0.3, -0.25) is 9.59 Å². The van der Waals surface area contributed by atoms with Crippen molar-refractivity contribution in [3.05, 3.63) is 35.5 Å². The number of rotatable bonds is 5. The molecule has 1 aromatic heterocycles. The SMILES string of the molecule is NC(=O)c1cnc(Nc2ccc3c(c2)OCC(=O)C3)nc1NC1CCC1. The standard InChI is InChI=1S/C18H19N5O3/c19-16(25)14-8-20-18(23-17(14)21-11-2-1-3-11)22-12-5-4-10-6-13(24)9-26-15(10)7-12/h4-5,7-8,11H,1-3,6,9H2,(H2,19,25)(H2,20,21,22,23). The molecular weight excluding hydrogens is 334 g/mol. The van der Waals surface area contributed by atoms with E-state index in [-0.39, 0.29) is 18.0 Å². The molecule has 4 N–H and O–H groups in total. The van der Waals surface area contributed by atoms with Crippen LogP contribution < -0.4 is 21.1 Å². The van der Waals surface area contributed by atoms with Gasteiger partial charge in [0, 0.05) is 36.0 Å². The maximum absolute atomic E-state index is 11.6. The molecule has 8 heteroatoms. The Morgan fingerprint density at radius 3 is 2.88 bits per heavy atom. The van der Waals surface area contributed by atoms with Crippen LogP contribution in [0.2, 0.25) is 0 Å². The number of nitrogens with two attached hydrogens (primary N) is 1. The van der Waals surface area contributed by atoms with E-state index < -0.39 is 5.91 Å². The van der Waals surface area contributed by atoms with Gasteiger partial charge in [0.25, 0.3) is 5.91 Å². The molecule has 2 aliphatic rings. The number of ketones is 1. The Morgan fingerprint density at radius 1 is 1.31 bits per heavy atom. The lowest BCUT2D eigenvalue weighted by molar-refractivity contribution is -0.121. The van der Waals surface area contributed by atoms with Crippen LogP contribution in [0, 0.1) is 0 Å². The van der Waals surface area contributed by atoms with Crippen molar-refractivity contribution in [1.82, 2.24) is 9.97 Å². The largest absolute Gasteiger partial charge is 0.485 e. The van der Waals surface area contributed by atoms with Gasteiger partial charge in [0.15, 0.2) is 5.78 Å². The average Bonchev–Trinajstić information content (AvgIpc) is 2.58. The molecule has 1 saturated carbocycles. The van der Waals surface area contributed by atoms with E-state index in [0.717, 1.165) is 30.5 Å². The molecule has 0 radical (unpaired) electrons. The zero-order valence-electron chi connectivity index (χ0n) is 14.1. The van der Waals surface area contributed by atoms with E-state index >= 15 is 0 Å². The van der Waals surface area contributed by atoms with Gasteiger partial charge in [-0.25, -0.2) is 4.98 Å². The highest BCUT2D eigenvalue weighted by Crippen LogP contribution is 2.29. The van der Waals surface area contributed by atoms with E-state index in [9.17, 15) is 9.59 Å². The summed E-state index contributed by atoms with van der Waals surface area (Å²) in [5.74, 6) is 0.972. The fourth-order valence-electron chi connectivity index (χ4n) is 2.94. The third-order valence-electron chi connectivity index (χ3n) is 4.60. The van der Waals surface area contributed by atoms with Gasteiger partial charge >= 0.3 is 0 Å². The summed E-state index contributed by atoms with van der Waals surface area (Å²) in [6, 6.07) is 5.81. The summed E-state index contributed by atoms with van der Waals surface area (Å²) in [7, 11) is 0. The van der Waals surface area contributed by atoms with Crippen LogP contribution >= 0.6 is 0 Å². The number of primary amides is 1. The van der Waals surface area contributed by atoms with E-state index in [2.05, 4.69) is 20.6 Å². The fraction of sp³-hybridized carbons (Fsp3) is 0.333. The molecule has 2 heterocycles. The molecular formula is C18H19N5O3. The van der Waals surface area contributed by atoms with Gasteiger partial charge in [-0.05, 0) is 25.3 Å². The van der Waals surface area contributed by atoms with Crippen LogP contribution in [0.4, 0.5) is 17.5 Å². The van der Waals surface area contributed by atoms with Crippen LogP contribution in [0.3, 0.4) is 0 Å². The van der Waals surface area contributed by atoms with Gasteiger partial charge in [0.1, 0.15) is 18.2 Å². The molecule has 134 valence electrons. The Balaban J connectivity index is 1.56. The van der Waals surface area contributed by atoms with Crippen molar-refractivity contribution in [3.8, 4) is 5.75 Å². The number of nitrogens with one attached hydrogen (secondary N) is 2. The number of aromatic nitrogens is 2. The second-order valence-corrected chi connectivity index (χ2v) is 6.54. The highest BCUT2D eigenvalue weighted by molar-refractivity contribution is 5.97. The van der Waals surface area contributed by atoms with Crippen LogP contribution in [-0.2, 0) is 11.2 Å². The molecule has 0 atom stereocenters. The predicted molar refractivity (Wildman–Crippen MR) is 95.7 cm³/mol. The first kappa shape index (κ1) is 16.3. The topological polar surface area (TPSA) is 119 Å². The summed E-state index contributed by atoms with van der Waals surface area (Å²) in [6.07, 6.45) is 5.07. The minimum Gasteiger partial charge on any atom is -0.485 e. The van der Waals surface area contributed by atoms with Crippen molar-refractivity contribution in [2.45, 2.75) is 31.7 Å². The van der Waals surface area contributed by atoms with Gasteiger partial charge in [-0.1, -0.05) is 6.07 Å². The van der Waals surface area contributed by atoms with Crippen molar-refractivity contribution >= 4 is 29.1 Å². The number of Topliss-reactive ketones (excluding diaryl/α,β-unsaturated/α-hetero) is 1. The van der Waals surface area contributed by atoms with Crippen molar-refractivity contribution in [2.75, 3.05) is 17.2 Å². The molecule has 8 nitrogen and oxygen atoms in total. The Bertz CT molecular complexity index is 879. The molecule has 1 aromatic carbocycles. The van der Waals surface area contributed by atoms with Gasteiger partial charge in [0.2, 0.25) is 5.95 Å². The van der Waals surface area contributed by atoms with Crippen LogP contribution in [0.1, 0.15) is 35.2 Å². The van der Waals surface area contributed by atoms with Gasteiger partial charge in [0.05, 0.1) is 5.56 Å². The zero-order chi connectivity index (χ0) is 18.1. The number of anilines is 3. The number of hydrogen-bond donors (Lipinski definition) is 3. The number of carbonyl (C=O) groups excluding carboxylic acids is 2. The van der Waals surface area contributed by atoms with E-state index in [0.29, 0.717) is 30.0 Å². The summed E-state index contributed by atoms with van der Waals surface area (Å²) >= 11 is 0. The van der Waals surface area contributed by atoms with E-state index in [1.807, 2.05) is 18.2 Å². The molecule has 4 rings (SSSR count). The van der Waals surface area contributed by atoms with Crippen molar-refractivity contribution in [3.63, 3.8) is 0 Å². The summed E-state index contributed by atoms with van der Waals surface area (Å²) in [5, 5.41) is 6.36. The lowest BCUT2D eigenvalue weighted by Gasteiger charge is -2.27. The molecule has 0 saturated heterocycles. The summed E-state index contributed by atoms with van der Waals surface area (Å²) in [4.78, 5) is 31.6. The second-order valence-electron chi connectivity index (χ2n) is 6.54. The molecule has 1 fully saturated rings. The maximum atomic E-state index is 11.6. The first-order chi connectivity index (χ1) is 12.6. The van der Waals surface area contributed by atoms with Crippen molar-refractivity contribution < 1.29 is 14.3 Å². The molecule has 26 heavy (non-hydrogen) atoms. The van der Waals surface area contributed by atoms with E-state index in [1.54, 1.807) is 0 Å². The number of benzene rings is 1. The second kappa shape index (κ2) is 6.62. The summed E-state index contributed by atoms with van der Waals surface area (Å²) < 4.78 is 5.46. The quantitative estimate of drug-likeness (QED) is 0.749.